The summed E-state index contributed by atoms with van der Waals surface area (Å²) in [6, 6.07) is 7.27. The van der Waals surface area contributed by atoms with Gasteiger partial charge in [0.2, 0.25) is 0 Å². The molecule has 0 unspecified atom stereocenters. The Morgan fingerprint density at radius 1 is 1.60 bits per heavy atom. The molecular formula is C11H15NO3. The largest absolute Gasteiger partial charge is 0.544 e. The van der Waals surface area contributed by atoms with Crippen LogP contribution in [0.2, 0.25) is 0 Å². The number of carboxylic acids is 1. The number of benzene rings is 1. The second-order valence-corrected chi connectivity index (χ2v) is 3.88. The summed E-state index contributed by atoms with van der Waals surface area (Å²) < 4.78 is 5.05. The average molecular weight is 209 g/mol. The van der Waals surface area contributed by atoms with E-state index >= 15 is 0 Å². The molecule has 82 valence electrons. The van der Waals surface area contributed by atoms with Gasteiger partial charge in [-0.3, -0.25) is 0 Å². The summed E-state index contributed by atoms with van der Waals surface area (Å²) in [5, 5.41) is 10.8. The lowest BCUT2D eigenvalue weighted by atomic mass is 9.94. The smallest absolute Gasteiger partial charge is 0.136 e. The molecule has 4 heteroatoms. The summed E-state index contributed by atoms with van der Waals surface area (Å²) in [7, 11) is 1.57. The molecule has 0 spiro atoms. The van der Waals surface area contributed by atoms with Crippen molar-refractivity contribution in [2.75, 3.05) is 7.11 Å². The van der Waals surface area contributed by atoms with Crippen LogP contribution in [0.3, 0.4) is 0 Å². The third kappa shape index (κ3) is 2.95. The molecule has 0 heterocycles. The molecule has 0 aliphatic carbocycles. The highest BCUT2D eigenvalue weighted by molar-refractivity contribution is 5.74. The van der Waals surface area contributed by atoms with E-state index in [1.807, 2.05) is 18.2 Å². The Morgan fingerprint density at radius 3 is 2.80 bits per heavy atom. The summed E-state index contributed by atoms with van der Waals surface area (Å²) in [5.41, 5.74) is 3.38. The summed E-state index contributed by atoms with van der Waals surface area (Å²) in [4.78, 5) is 10.8. The van der Waals surface area contributed by atoms with Crippen LogP contribution in [-0.4, -0.2) is 18.6 Å². The van der Waals surface area contributed by atoms with Crippen LogP contribution in [0.5, 0.6) is 5.75 Å². The highest BCUT2D eigenvalue weighted by Crippen LogP contribution is 2.15. The van der Waals surface area contributed by atoms with E-state index in [9.17, 15) is 9.90 Å². The van der Waals surface area contributed by atoms with Gasteiger partial charge in [-0.15, -0.1) is 0 Å². The molecule has 0 aliphatic rings. The van der Waals surface area contributed by atoms with Crippen LogP contribution >= 0.6 is 0 Å². The topological polar surface area (TPSA) is 77.0 Å². The molecule has 0 bridgehead atoms. The van der Waals surface area contributed by atoms with Crippen molar-refractivity contribution in [3.63, 3.8) is 0 Å². The van der Waals surface area contributed by atoms with Gasteiger partial charge in [0.1, 0.15) is 17.3 Å². The minimum absolute atomic E-state index is 0.326. The molecule has 4 nitrogen and oxygen atoms in total. The van der Waals surface area contributed by atoms with Crippen LogP contribution in [0.1, 0.15) is 12.5 Å². The number of carbonyl (C=O) groups excluding carboxylic acids is 1. The van der Waals surface area contributed by atoms with Gasteiger partial charge in [0.25, 0.3) is 0 Å². The lowest BCUT2D eigenvalue weighted by Gasteiger charge is -2.21. The summed E-state index contributed by atoms with van der Waals surface area (Å²) >= 11 is 0. The fourth-order valence-electron chi connectivity index (χ4n) is 1.31. The fourth-order valence-corrected chi connectivity index (χ4v) is 1.31. The molecular weight excluding hydrogens is 194 g/mol. The average Bonchev–Trinajstić information content (AvgIpc) is 2.17. The zero-order chi connectivity index (χ0) is 11.5. The molecule has 0 saturated heterocycles. The highest BCUT2D eigenvalue weighted by atomic mass is 16.5. The number of hydrogen-bond acceptors (Lipinski definition) is 3. The molecule has 0 radical (unpaired) electrons. The van der Waals surface area contributed by atoms with Crippen molar-refractivity contribution in [1.82, 2.24) is 0 Å². The third-order valence-electron chi connectivity index (χ3n) is 2.22. The highest BCUT2D eigenvalue weighted by Gasteiger charge is 2.24. The minimum atomic E-state index is -1.15. The SMILES string of the molecule is COc1cccc(C[C@](C)([NH3+])C(=O)[O-])c1. The monoisotopic (exact) mass is 209 g/mol. The molecule has 15 heavy (non-hydrogen) atoms. The Balaban J connectivity index is 2.85. The van der Waals surface area contributed by atoms with E-state index < -0.39 is 11.5 Å². The van der Waals surface area contributed by atoms with Crippen LogP contribution < -0.4 is 15.6 Å². The predicted octanol–water partition coefficient (Wildman–Crippen LogP) is -1.01. The molecule has 1 rings (SSSR count). The fraction of sp³-hybridized carbons (Fsp3) is 0.364. The lowest BCUT2D eigenvalue weighted by Crippen LogP contribution is -2.78. The van der Waals surface area contributed by atoms with Gasteiger partial charge < -0.3 is 20.4 Å². The van der Waals surface area contributed by atoms with Gasteiger partial charge in [0.15, 0.2) is 0 Å². The van der Waals surface area contributed by atoms with Gasteiger partial charge >= 0.3 is 0 Å². The number of rotatable bonds is 4. The van der Waals surface area contributed by atoms with Gasteiger partial charge in [-0.1, -0.05) is 12.1 Å². The minimum Gasteiger partial charge on any atom is -0.544 e. The van der Waals surface area contributed by atoms with Crippen molar-refractivity contribution in [2.45, 2.75) is 18.9 Å². The Hall–Kier alpha value is -1.55. The molecule has 0 fully saturated rings. The van der Waals surface area contributed by atoms with Gasteiger partial charge in [0.05, 0.1) is 7.11 Å². The summed E-state index contributed by atoms with van der Waals surface area (Å²) in [5.74, 6) is -0.438. The van der Waals surface area contributed by atoms with Crippen LogP contribution in [0, 0.1) is 0 Å². The number of aliphatic carboxylic acids is 1. The predicted molar refractivity (Wildman–Crippen MR) is 53.0 cm³/mol. The molecule has 3 N–H and O–H groups in total. The first-order valence-electron chi connectivity index (χ1n) is 4.65. The lowest BCUT2D eigenvalue weighted by molar-refractivity contribution is -0.480. The van der Waals surface area contributed by atoms with E-state index in [4.69, 9.17) is 4.74 Å². The van der Waals surface area contributed by atoms with Crippen LogP contribution in [0.15, 0.2) is 24.3 Å². The van der Waals surface area contributed by atoms with Crippen LogP contribution in [0.25, 0.3) is 0 Å². The van der Waals surface area contributed by atoms with E-state index in [1.165, 1.54) is 0 Å². The Morgan fingerprint density at radius 2 is 2.27 bits per heavy atom. The van der Waals surface area contributed by atoms with Crippen LogP contribution in [0.4, 0.5) is 0 Å². The van der Waals surface area contributed by atoms with Gasteiger partial charge in [-0.2, -0.15) is 0 Å². The van der Waals surface area contributed by atoms with Gasteiger partial charge in [-0.25, -0.2) is 0 Å². The Bertz CT molecular complexity index is 361. The number of carbonyl (C=O) groups is 1. The van der Waals surface area contributed by atoms with Crippen molar-refractivity contribution in [2.24, 2.45) is 0 Å². The zero-order valence-electron chi connectivity index (χ0n) is 8.95. The summed E-state index contributed by atoms with van der Waals surface area (Å²) in [6.45, 7) is 1.54. The number of methoxy groups -OCH3 is 1. The number of quaternary nitrogens is 1. The van der Waals surface area contributed by atoms with E-state index in [0.29, 0.717) is 12.2 Å². The molecule has 0 aromatic heterocycles. The maximum absolute atomic E-state index is 10.8. The van der Waals surface area contributed by atoms with Crippen LogP contribution in [-0.2, 0) is 11.2 Å². The van der Waals surface area contributed by atoms with E-state index in [-0.39, 0.29) is 0 Å². The van der Waals surface area contributed by atoms with E-state index in [1.54, 1.807) is 20.1 Å². The molecule has 1 aromatic carbocycles. The molecule has 1 atom stereocenters. The van der Waals surface area contributed by atoms with Gasteiger partial charge in [-0.05, 0) is 24.6 Å². The second-order valence-electron chi connectivity index (χ2n) is 3.88. The van der Waals surface area contributed by atoms with E-state index in [0.717, 1.165) is 5.56 Å². The quantitative estimate of drug-likeness (QED) is 0.690. The molecule has 0 aliphatic heterocycles. The first-order valence-corrected chi connectivity index (χ1v) is 4.65. The first-order chi connectivity index (χ1) is 6.95. The molecule has 1 aromatic rings. The van der Waals surface area contributed by atoms with Crippen molar-refractivity contribution in [1.29, 1.82) is 0 Å². The summed E-state index contributed by atoms with van der Waals surface area (Å²) in [6.07, 6.45) is 0.326. The molecule has 0 amide bonds. The number of ether oxygens (including phenoxy) is 1. The van der Waals surface area contributed by atoms with E-state index in [2.05, 4.69) is 5.73 Å². The van der Waals surface area contributed by atoms with Crippen molar-refractivity contribution in [3.05, 3.63) is 29.8 Å². The maximum atomic E-state index is 10.8. The molecule has 0 saturated carbocycles. The number of carboxylic acid groups (broad SMARTS) is 1. The third-order valence-corrected chi connectivity index (χ3v) is 2.22. The van der Waals surface area contributed by atoms with Crippen molar-refractivity contribution >= 4 is 5.97 Å². The number of hydrogen-bond donors (Lipinski definition) is 1. The second kappa shape index (κ2) is 4.31. The standard InChI is InChI=1S/C11H15NO3/c1-11(12,10(13)14)7-8-4-3-5-9(6-8)15-2/h3-6H,7,12H2,1-2H3,(H,13,14)/t11-/m0/s1. The Kier molecular flexibility index (Phi) is 3.31. The normalized spacial score (nSPS) is 14.3. The maximum Gasteiger partial charge on any atom is 0.136 e. The zero-order valence-corrected chi connectivity index (χ0v) is 8.95. The Labute approximate surface area is 88.7 Å². The first kappa shape index (κ1) is 11.5. The van der Waals surface area contributed by atoms with Crippen molar-refractivity contribution in [3.8, 4) is 5.75 Å². The van der Waals surface area contributed by atoms with Crippen molar-refractivity contribution < 1.29 is 20.4 Å². The van der Waals surface area contributed by atoms with Gasteiger partial charge in [0, 0.05) is 6.42 Å².